The van der Waals surface area contributed by atoms with Crippen LogP contribution < -0.4 is 5.32 Å². The molecule has 3 rings (SSSR count). The standard InChI is InChI=1S/C20H18F3N3O2/c1-26-12-24-10-18(26)17(11-27)25-19(28)16-5-3-2-4-15(16)13-6-8-14(9-7-13)20(21,22)23/h2-10,12,17,27H,11H2,1H3,(H,25,28). The average molecular weight is 389 g/mol. The summed E-state index contributed by atoms with van der Waals surface area (Å²) in [6.45, 7) is -0.326. The molecule has 8 heteroatoms. The Bertz CT molecular complexity index is 965. The van der Waals surface area contributed by atoms with E-state index in [1.165, 1.54) is 12.1 Å². The van der Waals surface area contributed by atoms with E-state index in [-0.39, 0.29) is 6.61 Å². The maximum Gasteiger partial charge on any atom is 0.416 e. The topological polar surface area (TPSA) is 67.2 Å². The van der Waals surface area contributed by atoms with E-state index in [1.807, 2.05) is 0 Å². The van der Waals surface area contributed by atoms with Crippen molar-refractivity contribution >= 4 is 5.91 Å². The molecule has 3 aromatic rings. The third-order valence-corrected chi connectivity index (χ3v) is 4.39. The van der Waals surface area contributed by atoms with Crippen LogP contribution in [0.25, 0.3) is 11.1 Å². The molecule has 1 heterocycles. The van der Waals surface area contributed by atoms with Crippen LogP contribution in [0.2, 0.25) is 0 Å². The number of aliphatic hydroxyl groups excluding tert-OH is 1. The van der Waals surface area contributed by atoms with Crippen molar-refractivity contribution in [1.82, 2.24) is 14.9 Å². The molecule has 0 aliphatic carbocycles. The number of aromatic nitrogens is 2. The lowest BCUT2D eigenvalue weighted by atomic mass is 9.98. The highest BCUT2D eigenvalue weighted by Gasteiger charge is 2.30. The van der Waals surface area contributed by atoms with Crippen LogP contribution in [-0.4, -0.2) is 27.2 Å². The Balaban J connectivity index is 1.89. The SMILES string of the molecule is Cn1cncc1C(CO)NC(=O)c1ccccc1-c1ccc(C(F)(F)F)cc1. The summed E-state index contributed by atoms with van der Waals surface area (Å²) in [7, 11) is 1.74. The third kappa shape index (κ3) is 4.07. The zero-order chi connectivity index (χ0) is 20.3. The molecule has 0 spiro atoms. The van der Waals surface area contributed by atoms with Crippen molar-refractivity contribution in [3.63, 3.8) is 0 Å². The number of hydrogen-bond acceptors (Lipinski definition) is 3. The van der Waals surface area contributed by atoms with Crippen LogP contribution in [0.15, 0.2) is 61.1 Å². The van der Waals surface area contributed by atoms with Crippen LogP contribution in [-0.2, 0) is 13.2 Å². The quantitative estimate of drug-likeness (QED) is 0.701. The number of amides is 1. The first-order valence-electron chi connectivity index (χ1n) is 8.46. The Morgan fingerprint density at radius 3 is 2.43 bits per heavy atom. The van der Waals surface area contributed by atoms with E-state index in [9.17, 15) is 23.1 Å². The van der Waals surface area contributed by atoms with Crippen LogP contribution in [0.3, 0.4) is 0 Å². The summed E-state index contributed by atoms with van der Waals surface area (Å²) >= 11 is 0. The van der Waals surface area contributed by atoms with Crippen molar-refractivity contribution in [3.05, 3.63) is 77.9 Å². The fourth-order valence-electron chi connectivity index (χ4n) is 2.92. The fourth-order valence-corrected chi connectivity index (χ4v) is 2.92. The number of aliphatic hydroxyl groups is 1. The summed E-state index contributed by atoms with van der Waals surface area (Å²) in [6.07, 6.45) is -1.32. The van der Waals surface area contributed by atoms with Gasteiger partial charge in [-0.05, 0) is 29.3 Å². The van der Waals surface area contributed by atoms with Gasteiger partial charge in [0.05, 0.1) is 36.4 Å². The molecule has 0 aliphatic heterocycles. The second-order valence-electron chi connectivity index (χ2n) is 6.26. The number of alkyl halides is 3. The summed E-state index contributed by atoms with van der Waals surface area (Å²) < 4.78 is 40.0. The van der Waals surface area contributed by atoms with Gasteiger partial charge in [0.2, 0.25) is 0 Å². The smallest absolute Gasteiger partial charge is 0.394 e. The molecule has 0 bridgehead atoms. The molecule has 0 aliphatic rings. The van der Waals surface area contributed by atoms with Gasteiger partial charge in [-0.25, -0.2) is 4.98 Å². The van der Waals surface area contributed by atoms with Crippen LogP contribution in [0, 0.1) is 0 Å². The molecule has 0 radical (unpaired) electrons. The van der Waals surface area contributed by atoms with Gasteiger partial charge in [-0.15, -0.1) is 0 Å². The van der Waals surface area contributed by atoms with Gasteiger partial charge in [-0.2, -0.15) is 13.2 Å². The molecule has 0 saturated carbocycles. The van der Waals surface area contributed by atoms with Crippen molar-refractivity contribution in [1.29, 1.82) is 0 Å². The van der Waals surface area contributed by atoms with Crippen LogP contribution in [0.1, 0.15) is 27.7 Å². The molecular weight excluding hydrogens is 371 g/mol. The highest BCUT2D eigenvalue weighted by Crippen LogP contribution is 2.32. The first-order chi connectivity index (χ1) is 13.3. The van der Waals surface area contributed by atoms with Gasteiger partial charge >= 0.3 is 6.18 Å². The first-order valence-corrected chi connectivity index (χ1v) is 8.46. The summed E-state index contributed by atoms with van der Waals surface area (Å²) in [5, 5.41) is 12.4. The minimum Gasteiger partial charge on any atom is -0.394 e. The molecule has 2 aromatic carbocycles. The van der Waals surface area contributed by atoms with E-state index in [4.69, 9.17) is 0 Å². The lowest BCUT2D eigenvalue weighted by Crippen LogP contribution is -2.32. The van der Waals surface area contributed by atoms with Gasteiger partial charge in [0.15, 0.2) is 0 Å². The molecular formula is C20H18F3N3O2. The lowest BCUT2D eigenvalue weighted by Gasteiger charge is -2.18. The Labute approximate surface area is 159 Å². The number of imidazole rings is 1. The van der Waals surface area contributed by atoms with Gasteiger partial charge < -0.3 is 15.0 Å². The number of halogens is 3. The predicted molar refractivity (Wildman–Crippen MR) is 97.4 cm³/mol. The van der Waals surface area contributed by atoms with E-state index in [0.717, 1.165) is 12.1 Å². The van der Waals surface area contributed by atoms with E-state index >= 15 is 0 Å². The molecule has 1 aromatic heterocycles. The number of aryl methyl sites for hydroxylation is 1. The van der Waals surface area contributed by atoms with Crippen molar-refractivity contribution in [2.75, 3.05) is 6.61 Å². The summed E-state index contributed by atoms with van der Waals surface area (Å²) in [5.41, 5.74) is 1.15. The van der Waals surface area contributed by atoms with Crippen LogP contribution in [0.5, 0.6) is 0 Å². The molecule has 28 heavy (non-hydrogen) atoms. The zero-order valence-corrected chi connectivity index (χ0v) is 14.9. The number of carbonyl (C=O) groups is 1. The minimum atomic E-state index is -4.42. The molecule has 0 fully saturated rings. The number of nitrogens with zero attached hydrogens (tertiary/aromatic N) is 2. The second kappa shape index (κ2) is 7.85. The van der Waals surface area contributed by atoms with E-state index in [2.05, 4.69) is 10.3 Å². The third-order valence-electron chi connectivity index (χ3n) is 4.39. The normalized spacial score (nSPS) is 12.6. The Kier molecular flexibility index (Phi) is 5.51. The average Bonchev–Trinajstić information content (AvgIpc) is 3.11. The number of nitrogens with one attached hydrogen (secondary N) is 1. The monoisotopic (exact) mass is 389 g/mol. The van der Waals surface area contributed by atoms with Crippen molar-refractivity contribution in [2.24, 2.45) is 7.05 Å². The van der Waals surface area contributed by atoms with E-state index < -0.39 is 23.7 Å². The number of hydrogen-bond donors (Lipinski definition) is 2. The van der Waals surface area contributed by atoms with Gasteiger partial charge in [-0.3, -0.25) is 4.79 Å². The van der Waals surface area contributed by atoms with Gasteiger partial charge in [0.25, 0.3) is 5.91 Å². The van der Waals surface area contributed by atoms with Crippen molar-refractivity contribution < 1.29 is 23.1 Å². The summed E-state index contributed by atoms with van der Waals surface area (Å²) in [4.78, 5) is 16.8. The highest BCUT2D eigenvalue weighted by atomic mass is 19.4. The lowest BCUT2D eigenvalue weighted by molar-refractivity contribution is -0.137. The zero-order valence-electron chi connectivity index (χ0n) is 14.9. The molecule has 1 atom stereocenters. The highest BCUT2D eigenvalue weighted by molar-refractivity contribution is 6.01. The van der Waals surface area contributed by atoms with Gasteiger partial charge in [0.1, 0.15) is 0 Å². The second-order valence-corrected chi connectivity index (χ2v) is 6.26. The largest absolute Gasteiger partial charge is 0.416 e. The molecule has 146 valence electrons. The van der Waals surface area contributed by atoms with Crippen LogP contribution in [0.4, 0.5) is 13.2 Å². The Morgan fingerprint density at radius 1 is 1.18 bits per heavy atom. The Morgan fingerprint density at radius 2 is 1.86 bits per heavy atom. The Hall–Kier alpha value is -3.13. The minimum absolute atomic E-state index is 0.294. The molecule has 0 saturated heterocycles. The van der Waals surface area contributed by atoms with Gasteiger partial charge in [0, 0.05) is 12.6 Å². The van der Waals surface area contributed by atoms with E-state index in [1.54, 1.807) is 48.4 Å². The predicted octanol–water partition coefficient (Wildman–Crippen LogP) is 3.57. The van der Waals surface area contributed by atoms with Crippen molar-refractivity contribution in [3.8, 4) is 11.1 Å². The first kappa shape index (κ1) is 19.6. The molecule has 1 unspecified atom stereocenters. The number of benzene rings is 2. The number of carbonyl (C=O) groups excluding carboxylic acids is 1. The van der Waals surface area contributed by atoms with E-state index in [0.29, 0.717) is 22.4 Å². The maximum atomic E-state index is 12.8. The fraction of sp³-hybridized carbons (Fsp3) is 0.200. The van der Waals surface area contributed by atoms with Crippen molar-refractivity contribution in [2.45, 2.75) is 12.2 Å². The maximum absolute atomic E-state index is 12.8. The summed E-state index contributed by atoms with van der Waals surface area (Å²) in [5.74, 6) is -0.448. The van der Waals surface area contributed by atoms with Crippen LogP contribution >= 0.6 is 0 Å². The van der Waals surface area contributed by atoms with Gasteiger partial charge in [-0.1, -0.05) is 30.3 Å². The molecule has 1 amide bonds. The summed E-state index contributed by atoms with van der Waals surface area (Å²) in [6, 6.07) is 10.6. The molecule has 2 N–H and O–H groups in total. The number of rotatable bonds is 5. The molecule has 5 nitrogen and oxygen atoms in total.